The molecular formula is C11H14BrLiO3P. The molecular weight excluding hydrogens is 298 g/mol. The Hall–Kier alpha value is -0.00260. The van der Waals surface area contributed by atoms with Crippen LogP contribution in [0.5, 0.6) is 11.5 Å². The Bertz CT molecular complexity index is 399. The second-order valence-electron chi connectivity index (χ2n) is 3.02. The van der Waals surface area contributed by atoms with Crippen molar-refractivity contribution in [1.29, 1.82) is 0 Å². The Labute approximate surface area is 124 Å². The van der Waals surface area contributed by atoms with Crippen LogP contribution in [0.3, 0.4) is 0 Å². The van der Waals surface area contributed by atoms with Gasteiger partial charge in [0.25, 0.3) is 0 Å². The molecule has 1 atom stereocenters. The summed E-state index contributed by atoms with van der Waals surface area (Å²) in [6, 6.07) is 3.57. The Morgan fingerprint density at radius 2 is 2.00 bits per heavy atom. The van der Waals surface area contributed by atoms with Crippen LogP contribution < -0.4 is 9.47 Å². The summed E-state index contributed by atoms with van der Waals surface area (Å²) >= 11 is 3.36. The van der Waals surface area contributed by atoms with E-state index in [1.54, 1.807) is 20.3 Å². The SMILES string of the molecule is CCPC(=O)c1c(OC)ccc(Br)c1OC.[Li]. The summed E-state index contributed by atoms with van der Waals surface area (Å²) in [5, 5.41) is 0. The molecule has 0 spiro atoms. The van der Waals surface area contributed by atoms with E-state index in [0.29, 0.717) is 17.1 Å². The molecule has 1 rings (SSSR count). The zero-order chi connectivity index (χ0) is 12.1. The second kappa shape index (κ2) is 8.16. The Balaban J connectivity index is 0.00000256. The molecule has 3 nitrogen and oxygen atoms in total. The molecule has 0 saturated heterocycles. The van der Waals surface area contributed by atoms with Gasteiger partial charge in [-0.2, -0.15) is 0 Å². The van der Waals surface area contributed by atoms with Crippen LogP contribution in [0.15, 0.2) is 16.6 Å². The molecule has 0 saturated carbocycles. The molecule has 17 heavy (non-hydrogen) atoms. The third kappa shape index (κ3) is 4.00. The second-order valence-corrected chi connectivity index (χ2v) is 5.39. The standard InChI is InChI=1S/C11H14BrO3P.Li/c1-4-16-11(13)9-8(14-2)6-5-7(12)10(9)15-3;/h5-6,16H,4H2,1-3H3;. The summed E-state index contributed by atoms with van der Waals surface area (Å²) in [6.07, 6.45) is 0.831. The van der Waals surface area contributed by atoms with Gasteiger partial charge in [0.05, 0.1) is 18.7 Å². The van der Waals surface area contributed by atoms with Gasteiger partial charge in [0.1, 0.15) is 17.1 Å². The van der Waals surface area contributed by atoms with Gasteiger partial charge in [-0.1, -0.05) is 6.92 Å². The molecule has 0 aliphatic rings. The van der Waals surface area contributed by atoms with E-state index in [1.807, 2.05) is 13.0 Å². The molecule has 1 radical (unpaired) electrons. The first-order chi connectivity index (χ1) is 7.65. The van der Waals surface area contributed by atoms with E-state index >= 15 is 0 Å². The minimum Gasteiger partial charge on any atom is -0.496 e. The number of hydrogen-bond donors (Lipinski definition) is 0. The Kier molecular flexibility index (Phi) is 8.16. The van der Waals surface area contributed by atoms with Crippen LogP contribution in [0.2, 0.25) is 0 Å². The van der Waals surface area contributed by atoms with Gasteiger partial charge in [-0.3, -0.25) is 4.79 Å². The largest absolute Gasteiger partial charge is 0.496 e. The van der Waals surface area contributed by atoms with Crippen molar-refractivity contribution >= 4 is 48.9 Å². The molecule has 1 aromatic rings. The topological polar surface area (TPSA) is 35.5 Å². The molecule has 0 aromatic heterocycles. The van der Waals surface area contributed by atoms with Crippen molar-refractivity contribution in [3.63, 3.8) is 0 Å². The number of rotatable bonds is 5. The monoisotopic (exact) mass is 311 g/mol. The predicted molar refractivity (Wildman–Crippen MR) is 76.2 cm³/mol. The van der Waals surface area contributed by atoms with Crippen LogP contribution in [0, 0.1) is 0 Å². The van der Waals surface area contributed by atoms with E-state index in [0.717, 1.165) is 10.6 Å². The molecule has 6 heteroatoms. The van der Waals surface area contributed by atoms with E-state index in [1.165, 1.54) is 0 Å². The Morgan fingerprint density at radius 1 is 1.35 bits per heavy atom. The summed E-state index contributed by atoms with van der Waals surface area (Å²) in [5.74, 6) is 1.11. The van der Waals surface area contributed by atoms with Crippen molar-refractivity contribution in [2.45, 2.75) is 6.92 Å². The smallest absolute Gasteiger partial charge is 0.188 e. The van der Waals surface area contributed by atoms with E-state index in [2.05, 4.69) is 15.9 Å². The normalized spacial score (nSPS) is 10.1. The summed E-state index contributed by atoms with van der Waals surface area (Å²) in [7, 11) is 3.34. The third-order valence-electron chi connectivity index (χ3n) is 2.06. The molecule has 0 aliphatic heterocycles. The van der Waals surface area contributed by atoms with E-state index < -0.39 is 0 Å². The average molecular weight is 312 g/mol. The maximum absolute atomic E-state index is 12.0. The number of carbonyl (C=O) groups excluding carboxylic acids is 1. The number of benzene rings is 1. The van der Waals surface area contributed by atoms with Gasteiger partial charge in [0.2, 0.25) is 0 Å². The van der Waals surface area contributed by atoms with Crippen LogP contribution in [0.4, 0.5) is 0 Å². The average Bonchev–Trinajstić information content (AvgIpc) is 2.28. The fourth-order valence-corrected chi connectivity index (χ4v) is 2.60. The Morgan fingerprint density at radius 3 is 2.47 bits per heavy atom. The molecule has 1 unspecified atom stereocenters. The van der Waals surface area contributed by atoms with E-state index in [-0.39, 0.29) is 33.0 Å². The molecule has 0 aliphatic carbocycles. The van der Waals surface area contributed by atoms with Crippen LogP contribution in [-0.2, 0) is 0 Å². The first kappa shape index (κ1) is 17.0. The minimum atomic E-state index is 0. The molecule has 89 valence electrons. The van der Waals surface area contributed by atoms with Gasteiger partial charge in [0, 0.05) is 18.9 Å². The summed E-state index contributed by atoms with van der Waals surface area (Å²) < 4.78 is 11.2. The van der Waals surface area contributed by atoms with E-state index in [4.69, 9.17) is 9.47 Å². The van der Waals surface area contributed by atoms with Crippen LogP contribution >= 0.6 is 24.5 Å². The van der Waals surface area contributed by atoms with Gasteiger partial charge in [-0.05, 0) is 42.8 Å². The van der Waals surface area contributed by atoms with Gasteiger partial charge in [0.15, 0.2) is 5.52 Å². The van der Waals surface area contributed by atoms with Crippen LogP contribution in [0.1, 0.15) is 17.3 Å². The fourth-order valence-electron chi connectivity index (χ4n) is 1.37. The minimum absolute atomic E-state index is 0. The van der Waals surface area contributed by atoms with E-state index in [9.17, 15) is 4.79 Å². The summed E-state index contributed by atoms with van der Waals surface area (Å²) in [6.45, 7) is 1.98. The molecule has 0 heterocycles. The molecule has 0 amide bonds. The fraction of sp³-hybridized carbons (Fsp3) is 0.364. The number of ether oxygens (including phenoxy) is 2. The zero-order valence-electron chi connectivity index (χ0n) is 10.5. The number of carbonyl (C=O) groups is 1. The number of methoxy groups -OCH3 is 2. The van der Waals surface area contributed by atoms with Gasteiger partial charge < -0.3 is 9.47 Å². The van der Waals surface area contributed by atoms with Gasteiger partial charge in [-0.15, -0.1) is 0 Å². The van der Waals surface area contributed by atoms with Crippen molar-refractivity contribution in [3.05, 3.63) is 22.2 Å². The quantitative estimate of drug-likeness (QED) is 0.619. The number of hydrogen-bond acceptors (Lipinski definition) is 3. The predicted octanol–water partition coefficient (Wildman–Crippen LogP) is 2.92. The van der Waals surface area contributed by atoms with Gasteiger partial charge >= 0.3 is 0 Å². The molecule has 0 bridgehead atoms. The van der Waals surface area contributed by atoms with Gasteiger partial charge in [-0.25, -0.2) is 0 Å². The zero-order valence-corrected chi connectivity index (χ0v) is 13.1. The maximum atomic E-state index is 12.0. The number of halogens is 1. The van der Waals surface area contributed by atoms with Crippen molar-refractivity contribution in [3.8, 4) is 11.5 Å². The molecule has 0 fully saturated rings. The first-order valence-corrected chi connectivity index (χ1v) is 6.84. The maximum Gasteiger partial charge on any atom is 0.188 e. The van der Waals surface area contributed by atoms with Crippen molar-refractivity contribution in [2.75, 3.05) is 20.4 Å². The van der Waals surface area contributed by atoms with Crippen LogP contribution in [0.25, 0.3) is 0 Å². The van der Waals surface area contributed by atoms with Crippen molar-refractivity contribution < 1.29 is 14.3 Å². The molecule has 0 N–H and O–H groups in total. The third-order valence-corrected chi connectivity index (χ3v) is 3.61. The first-order valence-electron chi connectivity index (χ1n) is 4.84. The van der Waals surface area contributed by atoms with Crippen molar-refractivity contribution in [1.82, 2.24) is 0 Å². The summed E-state index contributed by atoms with van der Waals surface area (Å²) in [4.78, 5) is 12.0. The summed E-state index contributed by atoms with van der Waals surface area (Å²) in [5.41, 5.74) is 0.594. The molecule has 1 aromatic carbocycles. The van der Waals surface area contributed by atoms with Crippen LogP contribution in [-0.4, -0.2) is 44.8 Å². The van der Waals surface area contributed by atoms with Crippen molar-refractivity contribution in [2.24, 2.45) is 0 Å².